The molecule has 0 amide bonds. The van der Waals surface area contributed by atoms with Crippen LogP contribution in [0.5, 0.6) is 0 Å². The Morgan fingerprint density at radius 1 is 1.56 bits per heavy atom. The lowest BCUT2D eigenvalue weighted by molar-refractivity contribution is -0.139. The zero-order valence-electron chi connectivity index (χ0n) is 8.18. The van der Waals surface area contributed by atoms with E-state index in [-0.39, 0.29) is 11.8 Å². The molecule has 0 spiro atoms. The number of rotatable bonds is 2. The fourth-order valence-corrected chi connectivity index (χ4v) is 4.58. The highest BCUT2D eigenvalue weighted by Crippen LogP contribution is 2.29. The number of hydrogen-bond acceptors (Lipinski definition) is 4. The van der Waals surface area contributed by atoms with Gasteiger partial charge in [0.1, 0.15) is 6.04 Å². The van der Waals surface area contributed by atoms with E-state index in [4.69, 9.17) is 5.11 Å². The van der Waals surface area contributed by atoms with Gasteiger partial charge in [-0.15, -0.1) is 11.3 Å². The maximum atomic E-state index is 11.6. The van der Waals surface area contributed by atoms with Crippen LogP contribution < -0.4 is 5.32 Å². The zero-order chi connectivity index (χ0) is 11.7. The van der Waals surface area contributed by atoms with Crippen LogP contribution in [0.4, 0.5) is 0 Å². The van der Waals surface area contributed by atoms with E-state index < -0.39 is 22.8 Å². The summed E-state index contributed by atoms with van der Waals surface area (Å²) in [6, 6.07) is 3.01. The summed E-state index contributed by atoms with van der Waals surface area (Å²) < 4.78 is 12.6. The second-order valence-corrected chi connectivity index (χ2v) is 7.57. The van der Waals surface area contributed by atoms with Crippen molar-refractivity contribution in [2.75, 3.05) is 11.5 Å². The molecular formula is C9H10BrNO3S2. The summed E-state index contributed by atoms with van der Waals surface area (Å²) in [4.78, 5) is 11.9. The molecule has 0 radical (unpaired) electrons. The molecule has 0 bridgehead atoms. The Hall–Kier alpha value is -0.240. The van der Waals surface area contributed by atoms with Crippen molar-refractivity contribution in [3.8, 4) is 0 Å². The number of aliphatic carboxylic acids is 1. The van der Waals surface area contributed by atoms with Crippen LogP contribution in [-0.4, -0.2) is 32.8 Å². The Morgan fingerprint density at radius 3 is 2.88 bits per heavy atom. The van der Waals surface area contributed by atoms with Gasteiger partial charge in [-0.1, -0.05) is 0 Å². The molecule has 88 valence electrons. The van der Waals surface area contributed by atoms with Gasteiger partial charge >= 0.3 is 5.97 Å². The van der Waals surface area contributed by atoms with E-state index in [2.05, 4.69) is 21.2 Å². The second-order valence-electron chi connectivity index (χ2n) is 3.53. The Bertz CT molecular complexity index is 434. The number of halogens is 1. The molecule has 1 aliphatic heterocycles. The maximum Gasteiger partial charge on any atom is 0.321 e. The van der Waals surface area contributed by atoms with E-state index in [1.807, 2.05) is 12.1 Å². The van der Waals surface area contributed by atoms with Crippen molar-refractivity contribution in [3.63, 3.8) is 0 Å². The highest BCUT2D eigenvalue weighted by Gasteiger charge is 2.31. The van der Waals surface area contributed by atoms with Crippen LogP contribution in [0.25, 0.3) is 0 Å². The molecule has 2 heterocycles. The van der Waals surface area contributed by atoms with Crippen LogP contribution in [0.15, 0.2) is 15.9 Å². The van der Waals surface area contributed by atoms with Gasteiger partial charge in [-0.25, -0.2) is 0 Å². The lowest BCUT2D eigenvalue weighted by Gasteiger charge is -2.27. The average Bonchev–Trinajstić information content (AvgIpc) is 2.64. The fourth-order valence-electron chi connectivity index (χ4n) is 1.60. The third-order valence-electron chi connectivity index (χ3n) is 2.34. The van der Waals surface area contributed by atoms with Crippen molar-refractivity contribution >= 4 is 44.0 Å². The van der Waals surface area contributed by atoms with Gasteiger partial charge in [-0.3, -0.25) is 14.3 Å². The standard InChI is InChI=1S/C9H10BrNO3S2/c10-8-2-1-7(15-8)5-3-16(14)4-6(11-5)9(12)13/h1-2,5-6,11H,3-4H2,(H,12,13). The minimum atomic E-state index is -1.06. The molecule has 3 unspecified atom stereocenters. The highest BCUT2D eigenvalue weighted by molar-refractivity contribution is 9.11. The largest absolute Gasteiger partial charge is 0.480 e. The Labute approximate surface area is 108 Å². The first kappa shape index (κ1) is 12.2. The number of hydrogen-bond donors (Lipinski definition) is 2. The van der Waals surface area contributed by atoms with Crippen LogP contribution >= 0.6 is 27.3 Å². The number of carboxylic acid groups (broad SMARTS) is 1. The van der Waals surface area contributed by atoms with Gasteiger partial charge in [0.25, 0.3) is 0 Å². The summed E-state index contributed by atoms with van der Waals surface area (Å²) in [6.07, 6.45) is 0. The molecule has 16 heavy (non-hydrogen) atoms. The smallest absolute Gasteiger partial charge is 0.321 e. The van der Waals surface area contributed by atoms with Gasteiger partial charge in [0.15, 0.2) is 0 Å². The first-order chi connectivity index (χ1) is 7.56. The second kappa shape index (κ2) is 4.95. The Morgan fingerprint density at radius 2 is 2.31 bits per heavy atom. The third kappa shape index (κ3) is 2.71. The predicted molar refractivity (Wildman–Crippen MR) is 67.2 cm³/mol. The van der Waals surface area contributed by atoms with E-state index in [0.29, 0.717) is 5.75 Å². The number of nitrogens with one attached hydrogen (secondary N) is 1. The summed E-state index contributed by atoms with van der Waals surface area (Å²) in [5.41, 5.74) is 0. The Balaban J connectivity index is 2.16. The molecule has 7 heteroatoms. The van der Waals surface area contributed by atoms with E-state index in [9.17, 15) is 9.00 Å². The molecule has 3 atom stereocenters. The highest BCUT2D eigenvalue weighted by atomic mass is 79.9. The molecule has 0 saturated carbocycles. The molecule has 1 saturated heterocycles. The van der Waals surface area contributed by atoms with Crippen LogP contribution in [0.1, 0.15) is 10.9 Å². The quantitative estimate of drug-likeness (QED) is 0.862. The van der Waals surface area contributed by atoms with Gasteiger partial charge < -0.3 is 5.11 Å². The average molecular weight is 324 g/mol. The van der Waals surface area contributed by atoms with E-state index in [0.717, 1.165) is 8.66 Å². The number of thiophene rings is 1. The van der Waals surface area contributed by atoms with Crippen LogP contribution in [0, 0.1) is 0 Å². The van der Waals surface area contributed by atoms with E-state index in [1.165, 1.54) is 11.3 Å². The lowest BCUT2D eigenvalue weighted by Crippen LogP contribution is -2.49. The lowest BCUT2D eigenvalue weighted by atomic mass is 10.2. The van der Waals surface area contributed by atoms with Crippen molar-refractivity contribution in [2.24, 2.45) is 0 Å². The maximum absolute atomic E-state index is 11.6. The molecule has 1 aliphatic rings. The van der Waals surface area contributed by atoms with Crippen LogP contribution in [-0.2, 0) is 15.6 Å². The minimum Gasteiger partial charge on any atom is -0.480 e. The molecule has 0 aromatic carbocycles. The Kier molecular flexibility index (Phi) is 3.78. The molecule has 1 fully saturated rings. The molecule has 2 N–H and O–H groups in total. The fraction of sp³-hybridized carbons (Fsp3) is 0.444. The molecule has 4 nitrogen and oxygen atoms in total. The summed E-state index contributed by atoms with van der Waals surface area (Å²) in [6.45, 7) is 0. The summed E-state index contributed by atoms with van der Waals surface area (Å²) in [7, 11) is -1.06. The summed E-state index contributed by atoms with van der Waals surface area (Å²) in [5, 5.41) is 11.9. The van der Waals surface area contributed by atoms with Gasteiger partial charge in [0.2, 0.25) is 0 Å². The van der Waals surface area contributed by atoms with Crippen molar-refractivity contribution in [1.82, 2.24) is 5.32 Å². The van der Waals surface area contributed by atoms with E-state index in [1.54, 1.807) is 0 Å². The predicted octanol–water partition coefficient (Wildman–Crippen LogP) is 1.36. The van der Waals surface area contributed by atoms with Crippen LogP contribution in [0.3, 0.4) is 0 Å². The molecular weight excluding hydrogens is 314 g/mol. The first-order valence-electron chi connectivity index (χ1n) is 4.65. The van der Waals surface area contributed by atoms with Crippen molar-refractivity contribution < 1.29 is 14.1 Å². The SMILES string of the molecule is O=C(O)C1CS(=O)CC(c2ccc(Br)s2)N1. The number of carboxylic acids is 1. The topological polar surface area (TPSA) is 66.4 Å². The molecule has 1 aromatic heterocycles. The minimum absolute atomic E-state index is 0.119. The van der Waals surface area contributed by atoms with Crippen LogP contribution in [0.2, 0.25) is 0 Å². The van der Waals surface area contributed by atoms with Crippen molar-refractivity contribution in [2.45, 2.75) is 12.1 Å². The monoisotopic (exact) mass is 323 g/mol. The van der Waals surface area contributed by atoms with E-state index >= 15 is 0 Å². The molecule has 1 aromatic rings. The van der Waals surface area contributed by atoms with Gasteiger partial charge in [0.05, 0.1) is 9.83 Å². The first-order valence-corrected chi connectivity index (χ1v) is 7.75. The van der Waals surface area contributed by atoms with Gasteiger partial charge in [0, 0.05) is 27.2 Å². The normalized spacial score (nSPS) is 30.2. The van der Waals surface area contributed by atoms with Crippen molar-refractivity contribution in [1.29, 1.82) is 0 Å². The molecule has 2 rings (SSSR count). The van der Waals surface area contributed by atoms with Gasteiger partial charge in [-0.2, -0.15) is 0 Å². The van der Waals surface area contributed by atoms with Crippen molar-refractivity contribution in [3.05, 3.63) is 20.8 Å². The zero-order valence-corrected chi connectivity index (χ0v) is 11.4. The third-order valence-corrected chi connectivity index (χ3v) is 5.49. The molecule has 0 aliphatic carbocycles. The number of carbonyl (C=O) groups is 1. The van der Waals surface area contributed by atoms with Gasteiger partial charge in [-0.05, 0) is 28.1 Å². The summed E-state index contributed by atoms with van der Waals surface area (Å²) in [5.74, 6) is -0.261. The summed E-state index contributed by atoms with van der Waals surface area (Å²) >= 11 is 4.89.